The van der Waals surface area contributed by atoms with Crippen molar-refractivity contribution in [2.24, 2.45) is 20.8 Å². The predicted molar refractivity (Wildman–Crippen MR) is 183 cm³/mol. The van der Waals surface area contributed by atoms with Crippen molar-refractivity contribution < 1.29 is 19.8 Å². The number of amides is 2. The SMILES string of the molecule is CCN(CC)C(=O)C(C1=CC(=NCC(C)(C)N=C2C=C(C(C(=O)N(CC)CC)=C(C)O)CC(C)(C)C2)CC(C)(C)C1)=C(C)O. The van der Waals surface area contributed by atoms with Crippen molar-refractivity contribution in [1.82, 2.24) is 9.80 Å². The van der Waals surface area contributed by atoms with Crippen LogP contribution in [0.4, 0.5) is 0 Å². The highest BCUT2D eigenvalue weighted by molar-refractivity contribution is 6.05. The second-order valence-electron chi connectivity index (χ2n) is 14.5. The molecule has 8 nitrogen and oxygen atoms in total. The van der Waals surface area contributed by atoms with Crippen LogP contribution in [-0.2, 0) is 9.59 Å². The fourth-order valence-corrected chi connectivity index (χ4v) is 6.34. The molecule has 0 aromatic rings. The predicted octanol–water partition coefficient (Wildman–Crippen LogP) is 7.54. The average Bonchev–Trinajstić information content (AvgIpc) is 2.86. The van der Waals surface area contributed by atoms with Crippen LogP contribution in [-0.4, -0.2) is 81.5 Å². The van der Waals surface area contributed by atoms with E-state index in [2.05, 4.69) is 41.5 Å². The topological polar surface area (TPSA) is 106 Å². The normalized spacial score (nSPS) is 21.3. The Bertz CT molecular complexity index is 1270. The molecule has 2 aliphatic rings. The van der Waals surface area contributed by atoms with Crippen LogP contribution in [0.3, 0.4) is 0 Å². The molecule has 2 N–H and O–H groups in total. The molecule has 0 aromatic carbocycles. The fourth-order valence-electron chi connectivity index (χ4n) is 6.34. The van der Waals surface area contributed by atoms with Crippen LogP contribution in [0.5, 0.6) is 0 Å². The molecule has 246 valence electrons. The number of likely N-dealkylation sites (N-methyl/N-ethyl adjacent to an activating group) is 2. The van der Waals surface area contributed by atoms with Gasteiger partial charge in [0.15, 0.2) is 0 Å². The number of allylic oxidation sites excluding steroid dienone is 4. The summed E-state index contributed by atoms with van der Waals surface area (Å²) >= 11 is 0. The summed E-state index contributed by atoms with van der Waals surface area (Å²) in [4.78, 5) is 40.3. The Morgan fingerprint density at radius 3 is 1.45 bits per heavy atom. The lowest BCUT2D eigenvalue weighted by molar-refractivity contribution is -0.127. The molecule has 0 bridgehead atoms. The summed E-state index contributed by atoms with van der Waals surface area (Å²) in [5.41, 5.74) is 3.36. The number of aliphatic hydroxyl groups excluding tert-OH is 2. The first-order chi connectivity index (χ1) is 20.3. The van der Waals surface area contributed by atoms with E-state index >= 15 is 0 Å². The van der Waals surface area contributed by atoms with Gasteiger partial charge in [-0.15, -0.1) is 0 Å². The first-order valence-corrected chi connectivity index (χ1v) is 16.2. The molecule has 0 fully saturated rings. The van der Waals surface area contributed by atoms with E-state index in [0.29, 0.717) is 56.7 Å². The smallest absolute Gasteiger partial charge is 0.257 e. The van der Waals surface area contributed by atoms with E-state index in [1.807, 2.05) is 39.8 Å². The van der Waals surface area contributed by atoms with Gasteiger partial charge in [0.25, 0.3) is 11.8 Å². The van der Waals surface area contributed by atoms with Gasteiger partial charge < -0.3 is 20.0 Å². The number of aliphatic imine (C=N–C) groups is 2. The maximum Gasteiger partial charge on any atom is 0.257 e. The monoisotopic (exact) mass is 610 g/mol. The average molecular weight is 611 g/mol. The van der Waals surface area contributed by atoms with Gasteiger partial charge in [-0.25, -0.2) is 0 Å². The number of carbonyl (C=O) groups is 2. The molecule has 0 spiro atoms. The van der Waals surface area contributed by atoms with Crippen LogP contribution in [0, 0.1) is 10.8 Å². The van der Waals surface area contributed by atoms with E-state index in [1.165, 1.54) is 0 Å². The van der Waals surface area contributed by atoms with Crippen LogP contribution < -0.4 is 0 Å². The molecule has 0 aromatic heterocycles. The largest absolute Gasteiger partial charge is 0.512 e. The highest BCUT2D eigenvalue weighted by Crippen LogP contribution is 2.40. The van der Waals surface area contributed by atoms with Crippen molar-refractivity contribution in [3.05, 3.63) is 46.0 Å². The number of nitrogens with zero attached hydrogens (tertiary/aromatic N) is 4. The Morgan fingerprint density at radius 1 is 0.727 bits per heavy atom. The standard InChI is InChI=1S/C36H58N4O4/c1-13-39(14-2)32(43)30(24(5)41)26-17-28(21-34(7,8)19-26)37-23-36(11,12)38-29-18-27(20-35(9,10)22-29)31(25(6)42)33(44)40(15-3)16-4/h17-18,41-42H,13-16,19-23H2,1-12H3. The Morgan fingerprint density at radius 2 is 1.09 bits per heavy atom. The highest BCUT2D eigenvalue weighted by atomic mass is 16.3. The molecule has 0 atom stereocenters. The second-order valence-corrected chi connectivity index (χ2v) is 14.5. The van der Waals surface area contributed by atoms with Crippen LogP contribution in [0.25, 0.3) is 0 Å². The Labute approximate surface area is 266 Å². The number of carbonyl (C=O) groups excluding carboxylic acids is 2. The van der Waals surface area contributed by atoms with E-state index in [9.17, 15) is 19.8 Å². The maximum atomic E-state index is 13.4. The summed E-state index contributed by atoms with van der Waals surface area (Å²) in [7, 11) is 0. The van der Waals surface area contributed by atoms with Gasteiger partial charge in [-0.3, -0.25) is 19.6 Å². The summed E-state index contributed by atoms with van der Waals surface area (Å²) in [5.74, 6) is -0.245. The Hall–Kier alpha value is -3.16. The van der Waals surface area contributed by atoms with Crippen molar-refractivity contribution >= 4 is 23.2 Å². The molecule has 0 saturated heterocycles. The molecule has 2 amide bonds. The summed E-state index contributed by atoms with van der Waals surface area (Å²) in [6, 6.07) is 0. The van der Waals surface area contributed by atoms with E-state index in [-0.39, 0.29) is 34.2 Å². The molecule has 2 rings (SSSR count). The third-order valence-corrected chi connectivity index (χ3v) is 8.35. The summed E-state index contributed by atoms with van der Waals surface area (Å²) < 4.78 is 0. The molecule has 2 aliphatic carbocycles. The number of rotatable bonds is 11. The minimum absolute atomic E-state index is 0.0318. The third kappa shape index (κ3) is 9.67. The van der Waals surface area contributed by atoms with Crippen molar-refractivity contribution in [2.45, 2.75) is 114 Å². The molecule has 0 unspecified atom stereocenters. The summed E-state index contributed by atoms with van der Waals surface area (Å²) in [6.07, 6.45) is 6.82. The van der Waals surface area contributed by atoms with Gasteiger partial charge in [0.05, 0.1) is 23.2 Å². The van der Waals surface area contributed by atoms with E-state index in [4.69, 9.17) is 9.98 Å². The summed E-state index contributed by atoms with van der Waals surface area (Å²) in [5, 5.41) is 21.2. The van der Waals surface area contributed by atoms with E-state index in [0.717, 1.165) is 35.4 Å². The van der Waals surface area contributed by atoms with Crippen molar-refractivity contribution in [3.8, 4) is 0 Å². The van der Waals surface area contributed by atoms with Gasteiger partial charge in [0.1, 0.15) is 11.5 Å². The van der Waals surface area contributed by atoms with Gasteiger partial charge >= 0.3 is 0 Å². The highest BCUT2D eigenvalue weighted by Gasteiger charge is 2.34. The minimum Gasteiger partial charge on any atom is -0.512 e. The lowest BCUT2D eigenvalue weighted by Crippen LogP contribution is -2.35. The molecule has 0 saturated carbocycles. The number of hydrogen-bond acceptors (Lipinski definition) is 6. The zero-order valence-electron chi connectivity index (χ0n) is 29.5. The Balaban J connectivity index is 2.50. The van der Waals surface area contributed by atoms with Crippen LogP contribution in [0.2, 0.25) is 0 Å². The van der Waals surface area contributed by atoms with Crippen molar-refractivity contribution in [3.63, 3.8) is 0 Å². The lowest BCUT2D eigenvalue weighted by atomic mass is 9.74. The zero-order valence-corrected chi connectivity index (χ0v) is 29.5. The maximum absolute atomic E-state index is 13.4. The third-order valence-electron chi connectivity index (χ3n) is 8.35. The van der Waals surface area contributed by atoms with Gasteiger partial charge in [0, 0.05) is 37.6 Å². The molecule has 0 aliphatic heterocycles. The van der Waals surface area contributed by atoms with E-state index < -0.39 is 5.54 Å². The van der Waals surface area contributed by atoms with Gasteiger partial charge in [0.2, 0.25) is 0 Å². The van der Waals surface area contributed by atoms with E-state index in [1.54, 1.807) is 23.6 Å². The molecular formula is C36H58N4O4. The molecular weight excluding hydrogens is 552 g/mol. The number of aliphatic hydroxyl groups is 2. The second kappa shape index (κ2) is 14.7. The van der Waals surface area contributed by atoms with Crippen LogP contribution in [0.1, 0.15) is 109 Å². The van der Waals surface area contributed by atoms with Gasteiger partial charge in [-0.1, -0.05) is 27.7 Å². The van der Waals surface area contributed by atoms with Crippen LogP contribution in [0.15, 0.2) is 55.9 Å². The molecule has 0 heterocycles. The lowest BCUT2D eigenvalue weighted by Gasteiger charge is -2.34. The Kier molecular flexibility index (Phi) is 12.4. The molecule has 8 heteroatoms. The van der Waals surface area contributed by atoms with Gasteiger partial charge in [-0.2, -0.15) is 0 Å². The van der Waals surface area contributed by atoms with Crippen LogP contribution >= 0.6 is 0 Å². The summed E-state index contributed by atoms with van der Waals surface area (Å²) in [6.45, 7) is 26.4. The molecule has 0 radical (unpaired) electrons. The quantitative estimate of drug-likeness (QED) is 0.186. The number of hydrogen-bond donors (Lipinski definition) is 2. The zero-order chi connectivity index (χ0) is 33.6. The van der Waals surface area contributed by atoms with Crippen molar-refractivity contribution in [2.75, 3.05) is 32.7 Å². The minimum atomic E-state index is -0.531. The first kappa shape index (κ1) is 37.0. The van der Waals surface area contributed by atoms with Crippen molar-refractivity contribution in [1.29, 1.82) is 0 Å². The van der Waals surface area contributed by atoms with Gasteiger partial charge in [-0.05, 0) is 115 Å². The fraction of sp³-hybridized carbons (Fsp3) is 0.667. The molecule has 44 heavy (non-hydrogen) atoms. The first-order valence-electron chi connectivity index (χ1n) is 16.2.